The molecule has 0 aromatic heterocycles. The van der Waals surface area contributed by atoms with Gasteiger partial charge in [-0.05, 0) is 49.1 Å². The number of benzene rings is 2. The maximum atomic E-state index is 12.8. The van der Waals surface area contributed by atoms with Crippen molar-refractivity contribution in [2.45, 2.75) is 32.2 Å². The predicted octanol–water partition coefficient (Wildman–Crippen LogP) is 4.85. The summed E-state index contributed by atoms with van der Waals surface area (Å²) >= 11 is 0. The van der Waals surface area contributed by atoms with E-state index in [0.29, 0.717) is 6.61 Å². The third-order valence-corrected chi connectivity index (χ3v) is 4.55. The molecule has 26 heavy (non-hydrogen) atoms. The maximum Gasteiger partial charge on any atom is 0.322 e. The highest BCUT2D eigenvalue weighted by atomic mass is 16.5. The summed E-state index contributed by atoms with van der Waals surface area (Å²) in [4.78, 5) is 14.7. The smallest absolute Gasteiger partial charge is 0.322 e. The minimum absolute atomic E-state index is 0.0737. The molecule has 1 heterocycles. The van der Waals surface area contributed by atoms with Crippen molar-refractivity contribution in [1.82, 2.24) is 4.90 Å². The van der Waals surface area contributed by atoms with Crippen molar-refractivity contribution in [3.8, 4) is 11.5 Å². The topological polar surface area (TPSA) is 50.8 Å². The molecule has 0 radical (unpaired) electrons. The first-order valence-corrected chi connectivity index (χ1v) is 9.15. The summed E-state index contributed by atoms with van der Waals surface area (Å²) in [5.74, 6) is 1.59. The first-order chi connectivity index (χ1) is 12.7. The van der Waals surface area contributed by atoms with Gasteiger partial charge in [0, 0.05) is 18.3 Å². The second kappa shape index (κ2) is 8.61. The second-order valence-electron chi connectivity index (χ2n) is 6.43. The molecule has 0 bridgehead atoms. The Hall–Kier alpha value is -2.69. The number of carbonyl (C=O) groups is 1. The fraction of sp³-hybridized carbons (Fsp3) is 0.381. The number of amides is 2. The first kappa shape index (κ1) is 18.1. The van der Waals surface area contributed by atoms with Crippen molar-refractivity contribution < 1.29 is 14.3 Å². The second-order valence-corrected chi connectivity index (χ2v) is 6.43. The van der Waals surface area contributed by atoms with Gasteiger partial charge in [0.05, 0.1) is 19.8 Å². The average molecular weight is 354 g/mol. The van der Waals surface area contributed by atoms with Gasteiger partial charge in [0.15, 0.2) is 0 Å². The zero-order valence-corrected chi connectivity index (χ0v) is 15.4. The summed E-state index contributed by atoms with van der Waals surface area (Å²) in [6.07, 6.45) is 2.90. The van der Waals surface area contributed by atoms with Crippen LogP contribution in [0, 0.1) is 0 Å². The number of urea groups is 1. The van der Waals surface area contributed by atoms with Crippen molar-refractivity contribution in [2.75, 3.05) is 25.6 Å². The lowest BCUT2D eigenvalue weighted by Gasteiger charge is -2.25. The SMILES string of the molecule is CCCOc1cccc(NC(=O)N2CCCC2c2cccc(OC)c2)c1. The summed E-state index contributed by atoms with van der Waals surface area (Å²) in [7, 11) is 1.66. The van der Waals surface area contributed by atoms with E-state index in [0.717, 1.165) is 48.6 Å². The van der Waals surface area contributed by atoms with E-state index in [4.69, 9.17) is 9.47 Å². The van der Waals surface area contributed by atoms with E-state index < -0.39 is 0 Å². The molecule has 138 valence electrons. The Morgan fingerprint density at radius 1 is 1.19 bits per heavy atom. The normalized spacial score (nSPS) is 16.4. The Balaban J connectivity index is 1.70. The van der Waals surface area contributed by atoms with Crippen LogP contribution in [-0.4, -0.2) is 31.2 Å². The lowest BCUT2D eigenvalue weighted by atomic mass is 10.0. The largest absolute Gasteiger partial charge is 0.497 e. The number of hydrogen-bond donors (Lipinski definition) is 1. The third kappa shape index (κ3) is 4.28. The lowest BCUT2D eigenvalue weighted by molar-refractivity contribution is 0.207. The highest BCUT2D eigenvalue weighted by molar-refractivity contribution is 5.90. The van der Waals surface area contributed by atoms with Crippen LogP contribution in [0.25, 0.3) is 0 Å². The van der Waals surface area contributed by atoms with E-state index in [2.05, 4.69) is 18.3 Å². The van der Waals surface area contributed by atoms with E-state index in [-0.39, 0.29) is 12.1 Å². The molecule has 5 nitrogen and oxygen atoms in total. The van der Waals surface area contributed by atoms with E-state index in [1.165, 1.54) is 0 Å². The van der Waals surface area contributed by atoms with Crippen LogP contribution in [0.15, 0.2) is 48.5 Å². The zero-order chi connectivity index (χ0) is 18.4. The molecule has 1 aliphatic rings. The molecule has 0 spiro atoms. The standard InChI is InChI=1S/C21H26N2O3/c1-3-13-26-19-10-5-8-17(15-19)22-21(24)23-12-6-11-20(23)16-7-4-9-18(14-16)25-2/h4-5,7-10,14-15,20H,3,6,11-13H2,1-2H3,(H,22,24). The number of anilines is 1. The Kier molecular flexibility index (Phi) is 6.00. The van der Waals surface area contributed by atoms with Crippen LogP contribution < -0.4 is 14.8 Å². The molecular weight excluding hydrogens is 328 g/mol. The number of methoxy groups -OCH3 is 1. The molecule has 0 aliphatic carbocycles. The van der Waals surface area contributed by atoms with Crippen LogP contribution in [0.5, 0.6) is 11.5 Å². The maximum absolute atomic E-state index is 12.8. The highest BCUT2D eigenvalue weighted by Crippen LogP contribution is 2.34. The molecule has 1 unspecified atom stereocenters. The Bertz CT molecular complexity index is 748. The summed E-state index contributed by atoms with van der Waals surface area (Å²) in [5.41, 5.74) is 1.86. The number of nitrogens with one attached hydrogen (secondary N) is 1. The van der Waals surface area contributed by atoms with Gasteiger partial charge in [0.1, 0.15) is 11.5 Å². The molecule has 1 atom stereocenters. The number of hydrogen-bond acceptors (Lipinski definition) is 3. The van der Waals surface area contributed by atoms with E-state index in [1.54, 1.807) is 7.11 Å². The summed E-state index contributed by atoms with van der Waals surface area (Å²) in [6.45, 7) is 3.49. The van der Waals surface area contributed by atoms with Gasteiger partial charge in [-0.15, -0.1) is 0 Å². The average Bonchev–Trinajstić information content (AvgIpc) is 3.17. The Morgan fingerprint density at radius 3 is 2.81 bits per heavy atom. The number of likely N-dealkylation sites (tertiary alicyclic amines) is 1. The zero-order valence-electron chi connectivity index (χ0n) is 15.4. The van der Waals surface area contributed by atoms with Crippen molar-refractivity contribution in [1.29, 1.82) is 0 Å². The van der Waals surface area contributed by atoms with Crippen molar-refractivity contribution in [3.63, 3.8) is 0 Å². The predicted molar refractivity (Wildman–Crippen MR) is 103 cm³/mol. The molecule has 1 N–H and O–H groups in total. The van der Waals surface area contributed by atoms with Gasteiger partial charge in [0.25, 0.3) is 0 Å². The Labute approximate surface area is 154 Å². The molecule has 5 heteroatoms. The van der Waals surface area contributed by atoms with E-state index in [1.807, 2.05) is 47.4 Å². The van der Waals surface area contributed by atoms with Gasteiger partial charge in [-0.25, -0.2) is 4.79 Å². The van der Waals surface area contributed by atoms with Crippen LogP contribution in [0.1, 0.15) is 37.8 Å². The van der Waals surface area contributed by atoms with Crippen LogP contribution in [-0.2, 0) is 0 Å². The third-order valence-electron chi connectivity index (χ3n) is 4.55. The molecule has 0 saturated carbocycles. The molecule has 1 fully saturated rings. The van der Waals surface area contributed by atoms with Crippen LogP contribution in [0.3, 0.4) is 0 Å². The number of rotatable bonds is 6. The monoisotopic (exact) mass is 354 g/mol. The van der Waals surface area contributed by atoms with Gasteiger partial charge in [-0.3, -0.25) is 0 Å². The van der Waals surface area contributed by atoms with Crippen LogP contribution in [0.4, 0.5) is 10.5 Å². The van der Waals surface area contributed by atoms with Crippen molar-refractivity contribution >= 4 is 11.7 Å². The minimum Gasteiger partial charge on any atom is -0.497 e. The van der Waals surface area contributed by atoms with Gasteiger partial charge in [-0.2, -0.15) is 0 Å². The Morgan fingerprint density at radius 2 is 2.00 bits per heavy atom. The van der Waals surface area contributed by atoms with E-state index in [9.17, 15) is 4.79 Å². The molecule has 2 aromatic carbocycles. The quantitative estimate of drug-likeness (QED) is 0.806. The van der Waals surface area contributed by atoms with Gasteiger partial charge in [0.2, 0.25) is 0 Å². The minimum atomic E-state index is -0.0806. The summed E-state index contributed by atoms with van der Waals surface area (Å²) in [5, 5.41) is 3.00. The molecule has 3 rings (SSSR count). The van der Waals surface area contributed by atoms with Gasteiger partial charge in [-0.1, -0.05) is 25.1 Å². The van der Waals surface area contributed by atoms with Crippen LogP contribution >= 0.6 is 0 Å². The van der Waals surface area contributed by atoms with Crippen molar-refractivity contribution in [2.24, 2.45) is 0 Å². The van der Waals surface area contributed by atoms with Gasteiger partial charge >= 0.3 is 6.03 Å². The lowest BCUT2D eigenvalue weighted by Crippen LogP contribution is -2.34. The van der Waals surface area contributed by atoms with Crippen LogP contribution in [0.2, 0.25) is 0 Å². The summed E-state index contributed by atoms with van der Waals surface area (Å²) < 4.78 is 11.0. The molecule has 1 aliphatic heterocycles. The van der Waals surface area contributed by atoms with E-state index >= 15 is 0 Å². The van der Waals surface area contributed by atoms with Gasteiger partial charge < -0.3 is 19.7 Å². The number of carbonyl (C=O) groups excluding carboxylic acids is 1. The first-order valence-electron chi connectivity index (χ1n) is 9.15. The number of nitrogens with zero attached hydrogens (tertiary/aromatic N) is 1. The van der Waals surface area contributed by atoms with Crippen molar-refractivity contribution in [3.05, 3.63) is 54.1 Å². The molecule has 1 saturated heterocycles. The fourth-order valence-electron chi connectivity index (χ4n) is 3.28. The number of ether oxygens (including phenoxy) is 2. The summed E-state index contributed by atoms with van der Waals surface area (Å²) in [6, 6.07) is 15.5. The fourth-order valence-corrected chi connectivity index (χ4v) is 3.28. The molecule has 2 amide bonds. The molecular formula is C21H26N2O3. The molecule has 2 aromatic rings. The highest BCUT2D eigenvalue weighted by Gasteiger charge is 2.30.